The third kappa shape index (κ3) is 9.77. The second-order valence-corrected chi connectivity index (χ2v) is 25.7. The van der Waals surface area contributed by atoms with Crippen molar-refractivity contribution in [2.45, 2.75) is 138 Å². The van der Waals surface area contributed by atoms with Crippen LogP contribution in [-0.4, -0.2) is 42.6 Å². The second-order valence-electron chi connectivity index (χ2n) is 25.7. The lowest BCUT2D eigenvalue weighted by molar-refractivity contribution is 0.250. The lowest BCUT2D eigenvalue weighted by atomic mass is 9.50. The maximum absolute atomic E-state index is 6.97. The van der Waals surface area contributed by atoms with Crippen molar-refractivity contribution in [1.82, 2.24) is 14.5 Å². The van der Waals surface area contributed by atoms with Gasteiger partial charge in [0.15, 0.2) is 5.75 Å². The molecule has 1 fully saturated rings. The van der Waals surface area contributed by atoms with Crippen LogP contribution in [0.25, 0.3) is 38.8 Å². The Morgan fingerprint density at radius 1 is 0.541 bits per heavy atom. The Bertz CT molecular complexity index is 3370. The monoisotopic (exact) mass is 984 g/mol. The largest absolute Gasteiger partial charge is 0.468 e. The molecule has 1 saturated heterocycles. The highest BCUT2D eigenvalue weighted by molar-refractivity contribution is 6.81. The van der Waals surface area contributed by atoms with E-state index in [0.29, 0.717) is 18.2 Å². The first-order valence-corrected chi connectivity index (χ1v) is 26.3. The molecular formula is C62H72B3N5O4. The molecule has 378 valence electrons. The number of ether oxygens (including phenoxy) is 1. The van der Waals surface area contributed by atoms with E-state index in [-0.39, 0.29) is 26.9 Å². The molecule has 0 spiro atoms. The fourth-order valence-corrected chi connectivity index (χ4v) is 10.1. The molecule has 8 aromatic rings. The van der Waals surface area contributed by atoms with Crippen molar-refractivity contribution in [1.29, 1.82) is 0 Å². The zero-order valence-corrected chi connectivity index (χ0v) is 46.5. The highest BCUT2D eigenvalue weighted by Gasteiger charge is 2.52. The van der Waals surface area contributed by atoms with Crippen LogP contribution in [0.15, 0.2) is 134 Å². The van der Waals surface area contributed by atoms with Gasteiger partial charge in [-0.25, -0.2) is 4.98 Å². The Morgan fingerprint density at radius 3 is 1.78 bits per heavy atom. The summed E-state index contributed by atoms with van der Waals surface area (Å²) in [5, 5.41) is 1.65. The fraction of sp³-hybridized carbons (Fsp3) is 0.355. The molecule has 0 N–H and O–H groups in total. The second kappa shape index (κ2) is 18.5. The molecule has 12 heteroatoms. The van der Waals surface area contributed by atoms with Crippen LogP contribution in [0.2, 0.25) is 10.6 Å². The van der Waals surface area contributed by atoms with Crippen LogP contribution in [0.4, 0.5) is 22.7 Å². The van der Waals surface area contributed by atoms with Crippen molar-refractivity contribution in [3.8, 4) is 28.4 Å². The van der Waals surface area contributed by atoms with Crippen molar-refractivity contribution in [2.75, 3.05) is 16.5 Å². The van der Waals surface area contributed by atoms with Crippen LogP contribution in [0, 0.1) is 6.92 Å². The molecule has 0 bridgehead atoms. The first kappa shape index (κ1) is 51.2. The average molecular weight is 984 g/mol. The van der Waals surface area contributed by atoms with Gasteiger partial charge in [-0.05, 0) is 98.5 Å². The quantitative estimate of drug-likeness (QED) is 0.146. The summed E-state index contributed by atoms with van der Waals surface area (Å²) in [7, 11) is -1.76. The van der Waals surface area contributed by atoms with Gasteiger partial charge in [-0.2, -0.15) is 0 Å². The van der Waals surface area contributed by atoms with Gasteiger partial charge >= 0.3 is 21.4 Å². The van der Waals surface area contributed by atoms with Crippen LogP contribution < -0.4 is 20.0 Å². The van der Waals surface area contributed by atoms with Crippen LogP contribution in [0.5, 0.6) is 11.5 Å². The Hall–Kier alpha value is -6.33. The zero-order valence-electron chi connectivity index (χ0n) is 46.5. The van der Waals surface area contributed by atoms with Gasteiger partial charge in [-0.1, -0.05) is 171 Å². The summed E-state index contributed by atoms with van der Waals surface area (Å²) in [5.41, 5.74) is 13.7. The Balaban J connectivity index is 1.09. The molecule has 0 amide bonds. The number of aryl methyl sites for hydroxylation is 1. The van der Waals surface area contributed by atoms with Crippen LogP contribution in [0.3, 0.4) is 0 Å². The topological polar surface area (TPSA) is 74.1 Å². The Labute approximate surface area is 441 Å². The van der Waals surface area contributed by atoms with E-state index in [0.717, 1.165) is 72.7 Å². The van der Waals surface area contributed by atoms with Crippen molar-refractivity contribution in [3.63, 3.8) is 0 Å². The van der Waals surface area contributed by atoms with Gasteiger partial charge < -0.3 is 28.3 Å². The number of para-hydroxylation sites is 4. The van der Waals surface area contributed by atoms with Gasteiger partial charge in [0.2, 0.25) is 0 Å². The molecule has 10 rings (SSSR count). The number of fused-ring (bicyclic) bond motifs is 4. The minimum absolute atomic E-state index is 0.0356. The molecule has 5 aromatic carbocycles. The van der Waals surface area contributed by atoms with Crippen molar-refractivity contribution < 1.29 is 18.5 Å². The summed E-state index contributed by atoms with van der Waals surface area (Å²) in [6, 6.07) is 43.7. The maximum atomic E-state index is 6.97. The molecule has 0 aliphatic carbocycles. The number of anilines is 4. The number of pyridine rings is 2. The van der Waals surface area contributed by atoms with Gasteiger partial charge in [-0.15, -0.1) is 0 Å². The molecule has 9 nitrogen and oxygen atoms in total. The highest BCUT2D eigenvalue weighted by Crippen LogP contribution is 2.49. The van der Waals surface area contributed by atoms with Crippen molar-refractivity contribution in [3.05, 3.63) is 156 Å². The highest BCUT2D eigenvalue weighted by atomic mass is 16.7. The van der Waals surface area contributed by atoms with E-state index >= 15 is 0 Å². The van der Waals surface area contributed by atoms with Crippen LogP contribution in [-0.2, 0) is 30.0 Å². The van der Waals surface area contributed by atoms with E-state index in [4.69, 9.17) is 28.4 Å². The van der Waals surface area contributed by atoms with E-state index in [2.05, 4.69) is 240 Å². The van der Waals surface area contributed by atoms with E-state index in [9.17, 15) is 0 Å². The number of benzene rings is 5. The summed E-state index contributed by atoms with van der Waals surface area (Å²) >= 11 is 0. The van der Waals surface area contributed by atoms with Crippen LogP contribution >= 0.6 is 0 Å². The molecule has 0 saturated carbocycles. The molecule has 2 aliphatic heterocycles. The summed E-state index contributed by atoms with van der Waals surface area (Å²) in [4.78, 5) is 14.7. The minimum Gasteiger partial charge on any atom is -0.455 e. The van der Waals surface area contributed by atoms with E-state index < -0.39 is 21.4 Å². The molecular weight excluding hydrogens is 911 g/mol. The number of rotatable bonds is 7. The number of hydrogen-bond donors (Lipinski definition) is 0. The van der Waals surface area contributed by atoms with E-state index in [1.54, 1.807) is 0 Å². The molecule has 3 aromatic heterocycles. The number of nitrogens with zero attached hydrogens (tertiary/aromatic N) is 5. The Kier molecular flexibility index (Phi) is 12.8. The smallest absolute Gasteiger partial charge is 0.455 e. The number of aromatic nitrogens is 3. The normalized spacial score (nSPS) is 14.9. The average Bonchev–Trinajstić information content (AvgIpc) is 3.89. The third-order valence-corrected chi connectivity index (χ3v) is 14.5. The molecule has 0 atom stereocenters. The summed E-state index contributed by atoms with van der Waals surface area (Å²) in [6.07, 6.45) is 3.87. The van der Waals surface area contributed by atoms with Crippen molar-refractivity contribution in [2.24, 2.45) is 0 Å². The van der Waals surface area contributed by atoms with Gasteiger partial charge in [0, 0.05) is 40.1 Å². The molecule has 0 radical (unpaired) electrons. The first-order valence-electron chi connectivity index (χ1n) is 26.3. The molecule has 5 heterocycles. The SMILES string of the molecule is Cc1ncc(N2CN(c3c(B4OB(C(C)(C)C)OB(C(C)(C)C)O4)cccc3-c3cc(C(C)(C)C)cc(C(C)(C)C)c3)c3ccccc32)cc1Oc1ccc2c3ccccc3n(-c3cc(C(C)(C)C)ccn3)c2c1. The standard InChI is InChI=1S/C62H72B3N5O4/c1-40-55(71-46-28-29-49-48-22-17-18-25-51(48)70(54(49)37-46)56-35-42(30-31-66-56)58(2,3)4)36-45(38-67-40)68-39-69(53-27-20-19-26-52(53)68)57-47(41-32-43(59(5,6)7)34-44(33-41)60(8,9)10)23-21-24-50(57)63-72-64(61(11,12)13)74-65(73-63)62(14,15)16/h17-38H,39H2,1-16H3. The lowest BCUT2D eigenvalue weighted by Crippen LogP contribution is -2.59. The minimum atomic E-state index is -0.725. The Morgan fingerprint density at radius 2 is 1.15 bits per heavy atom. The molecule has 2 aliphatic rings. The van der Waals surface area contributed by atoms with Crippen molar-refractivity contribution >= 4 is 71.4 Å². The molecule has 0 unspecified atom stereocenters. The first-order chi connectivity index (χ1) is 34.7. The number of hydrogen-bond acceptors (Lipinski definition) is 8. The van der Waals surface area contributed by atoms with Gasteiger partial charge in [0.25, 0.3) is 0 Å². The van der Waals surface area contributed by atoms with Gasteiger partial charge in [0.05, 0.1) is 45.7 Å². The summed E-state index contributed by atoms with van der Waals surface area (Å²) < 4.78 is 29.8. The zero-order chi connectivity index (χ0) is 52.9. The fourth-order valence-electron chi connectivity index (χ4n) is 10.1. The van der Waals surface area contributed by atoms with Gasteiger partial charge in [-0.3, -0.25) is 9.55 Å². The van der Waals surface area contributed by atoms with Crippen LogP contribution in [0.1, 0.15) is 126 Å². The molecule has 74 heavy (non-hydrogen) atoms. The lowest BCUT2D eigenvalue weighted by Gasteiger charge is -2.41. The summed E-state index contributed by atoms with van der Waals surface area (Å²) in [5.74, 6) is 2.26. The maximum Gasteiger partial charge on any atom is 0.468 e. The van der Waals surface area contributed by atoms with E-state index in [1.165, 1.54) is 16.7 Å². The summed E-state index contributed by atoms with van der Waals surface area (Å²) in [6.45, 7) is 35.9. The third-order valence-electron chi connectivity index (χ3n) is 14.5. The predicted molar refractivity (Wildman–Crippen MR) is 311 cm³/mol. The van der Waals surface area contributed by atoms with Gasteiger partial charge in [0.1, 0.15) is 18.2 Å². The predicted octanol–water partition coefficient (Wildman–Crippen LogP) is 15.8. The van der Waals surface area contributed by atoms with E-state index in [1.807, 2.05) is 19.3 Å².